The summed E-state index contributed by atoms with van der Waals surface area (Å²) in [5, 5.41) is 17.0. The summed E-state index contributed by atoms with van der Waals surface area (Å²) in [6, 6.07) is 4.23. The Balaban J connectivity index is 1.72. The highest BCUT2D eigenvalue weighted by molar-refractivity contribution is 5.47. The second kappa shape index (κ2) is 4.33. The van der Waals surface area contributed by atoms with Gasteiger partial charge in [0.05, 0.1) is 12.3 Å². The Morgan fingerprint density at radius 2 is 2.12 bits per heavy atom. The summed E-state index contributed by atoms with van der Waals surface area (Å²) >= 11 is 0. The quantitative estimate of drug-likeness (QED) is 0.822. The minimum absolute atomic E-state index is 0.115. The van der Waals surface area contributed by atoms with Crippen molar-refractivity contribution in [3.8, 4) is 0 Å². The molecule has 2 N–H and O–H groups in total. The molecule has 2 aromatic rings. The van der Waals surface area contributed by atoms with Gasteiger partial charge in [0.1, 0.15) is 5.82 Å². The Bertz CT molecular complexity index is 469. The monoisotopic (exact) mass is 232 g/mol. The standard InChI is InChI=1S/C12H16N4O/c17-10-5-3-9(4-6-10)14-11-8-16-12(15-11)2-1-7-13-16/h1-2,7-10,14,17H,3-6H2. The average Bonchev–Trinajstić information content (AvgIpc) is 2.74. The Morgan fingerprint density at radius 1 is 1.29 bits per heavy atom. The molecule has 0 spiro atoms. The number of anilines is 1. The van der Waals surface area contributed by atoms with Gasteiger partial charge in [-0.25, -0.2) is 9.50 Å². The fraction of sp³-hybridized carbons (Fsp3) is 0.500. The van der Waals surface area contributed by atoms with Gasteiger partial charge in [-0.2, -0.15) is 5.10 Å². The van der Waals surface area contributed by atoms with E-state index in [9.17, 15) is 5.11 Å². The third kappa shape index (κ3) is 2.24. The van der Waals surface area contributed by atoms with Crippen molar-refractivity contribution < 1.29 is 5.11 Å². The largest absolute Gasteiger partial charge is 0.393 e. The lowest BCUT2D eigenvalue weighted by Crippen LogP contribution is -2.28. The maximum Gasteiger partial charge on any atom is 0.155 e. The highest BCUT2D eigenvalue weighted by atomic mass is 16.3. The zero-order chi connectivity index (χ0) is 11.7. The summed E-state index contributed by atoms with van der Waals surface area (Å²) < 4.78 is 1.76. The molecule has 0 atom stereocenters. The second-order valence-electron chi connectivity index (χ2n) is 4.60. The van der Waals surface area contributed by atoms with Gasteiger partial charge in [0.2, 0.25) is 0 Å². The molecule has 3 rings (SSSR count). The lowest BCUT2D eigenvalue weighted by molar-refractivity contribution is 0.126. The summed E-state index contributed by atoms with van der Waals surface area (Å²) in [6.45, 7) is 0. The zero-order valence-electron chi connectivity index (χ0n) is 9.58. The number of hydrogen-bond acceptors (Lipinski definition) is 4. The van der Waals surface area contributed by atoms with Gasteiger partial charge in [0, 0.05) is 12.2 Å². The molecule has 90 valence electrons. The number of aliphatic hydroxyl groups is 1. The van der Waals surface area contributed by atoms with Crippen molar-refractivity contribution in [3.05, 3.63) is 24.5 Å². The molecule has 0 radical (unpaired) electrons. The Labute approximate surface area is 99.5 Å². The molecule has 1 fully saturated rings. The predicted octanol–water partition coefficient (Wildman–Crippen LogP) is 1.44. The Hall–Kier alpha value is -1.62. The maximum atomic E-state index is 9.45. The average molecular weight is 232 g/mol. The molecule has 5 heteroatoms. The molecule has 0 unspecified atom stereocenters. The van der Waals surface area contributed by atoms with Crippen molar-refractivity contribution >= 4 is 11.5 Å². The molecule has 5 nitrogen and oxygen atoms in total. The van der Waals surface area contributed by atoms with Gasteiger partial charge in [0.15, 0.2) is 5.65 Å². The normalized spacial score (nSPS) is 25.0. The molecule has 0 aromatic carbocycles. The van der Waals surface area contributed by atoms with Gasteiger partial charge >= 0.3 is 0 Å². The number of fused-ring (bicyclic) bond motifs is 1. The Morgan fingerprint density at radius 3 is 2.88 bits per heavy atom. The molecule has 17 heavy (non-hydrogen) atoms. The Kier molecular flexibility index (Phi) is 2.68. The number of aliphatic hydroxyl groups excluding tert-OH is 1. The number of rotatable bonds is 2. The first-order chi connectivity index (χ1) is 8.31. The summed E-state index contributed by atoms with van der Waals surface area (Å²) in [6.07, 6.45) is 7.30. The fourth-order valence-corrected chi connectivity index (χ4v) is 2.33. The van der Waals surface area contributed by atoms with E-state index < -0.39 is 0 Å². The van der Waals surface area contributed by atoms with Crippen molar-refractivity contribution in [2.75, 3.05) is 5.32 Å². The molecule has 0 aliphatic heterocycles. The lowest BCUT2D eigenvalue weighted by Gasteiger charge is -2.25. The van der Waals surface area contributed by atoms with Gasteiger partial charge in [0.25, 0.3) is 0 Å². The SMILES string of the molecule is OC1CCC(Nc2cn3ncccc3n2)CC1. The summed E-state index contributed by atoms with van der Waals surface area (Å²) in [5.74, 6) is 0.866. The van der Waals surface area contributed by atoms with Gasteiger partial charge in [-0.1, -0.05) is 0 Å². The molecular formula is C12H16N4O. The van der Waals surface area contributed by atoms with Crippen LogP contribution >= 0.6 is 0 Å². The number of aromatic nitrogens is 3. The first-order valence-electron chi connectivity index (χ1n) is 6.06. The van der Waals surface area contributed by atoms with E-state index in [1.165, 1.54) is 0 Å². The van der Waals surface area contributed by atoms with E-state index in [4.69, 9.17) is 0 Å². The predicted molar refractivity (Wildman–Crippen MR) is 64.9 cm³/mol. The zero-order valence-corrected chi connectivity index (χ0v) is 9.58. The van der Waals surface area contributed by atoms with Gasteiger partial charge in [-0.05, 0) is 37.8 Å². The van der Waals surface area contributed by atoms with E-state index in [1.807, 2.05) is 18.3 Å². The van der Waals surface area contributed by atoms with Gasteiger partial charge in [-0.3, -0.25) is 0 Å². The van der Waals surface area contributed by atoms with Crippen LogP contribution in [0.5, 0.6) is 0 Å². The van der Waals surface area contributed by atoms with Crippen LogP contribution in [-0.2, 0) is 0 Å². The number of imidazole rings is 1. The van der Waals surface area contributed by atoms with Crippen LogP contribution in [0.15, 0.2) is 24.5 Å². The molecule has 0 bridgehead atoms. The van der Waals surface area contributed by atoms with Crippen LogP contribution in [-0.4, -0.2) is 31.9 Å². The highest BCUT2D eigenvalue weighted by Crippen LogP contribution is 2.21. The number of nitrogens with one attached hydrogen (secondary N) is 1. The van der Waals surface area contributed by atoms with E-state index >= 15 is 0 Å². The summed E-state index contributed by atoms with van der Waals surface area (Å²) in [4.78, 5) is 4.45. The smallest absolute Gasteiger partial charge is 0.155 e. The third-order valence-electron chi connectivity index (χ3n) is 3.29. The van der Waals surface area contributed by atoms with Crippen molar-refractivity contribution in [1.82, 2.24) is 14.6 Å². The van der Waals surface area contributed by atoms with Crippen molar-refractivity contribution in [2.45, 2.75) is 37.8 Å². The van der Waals surface area contributed by atoms with E-state index in [-0.39, 0.29) is 6.10 Å². The lowest BCUT2D eigenvalue weighted by atomic mass is 9.93. The van der Waals surface area contributed by atoms with Crippen LogP contribution in [0.1, 0.15) is 25.7 Å². The molecule has 1 aliphatic carbocycles. The van der Waals surface area contributed by atoms with Crippen LogP contribution in [0.3, 0.4) is 0 Å². The van der Waals surface area contributed by atoms with Crippen LogP contribution in [0.25, 0.3) is 5.65 Å². The summed E-state index contributed by atoms with van der Waals surface area (Å²) in [7, 11) is 0. The van der Waals surface area contributed by atoms with Gasteiger partial charge in [-0.15, -0.1) is 0 Å². The first-order valence-corrected chi connectivity index (χ1v) is 6.06. The molecule has 1 saturated carbocycles. The van der Waals surface area contributed by atoms with Crippen molar-refractivity contribution in [1.29, 1.82) is 0 Å². The van der Waals surface area contributed by atoms with E-state index in [0.717, 1.165) is 37.1 Å². The van der Waals surface area contributed by atoms with Crippen LogP contribution in [0.4, 0.5) is 5.82 Å². The number of nitrogens with zero attached hydrogens (tertiary/aromatic N) is 3. The van der Waals surface area contributed by atoms with E-state index in [1.54, 1.807) is 10.7 Å². The second-order valence-corrected chi connectivity index (χ2v) is 4.60. The van der Waals surface area contributed by atoms with Gasteiger partial charge < -0.3 is 10.4 Å². The number of hydrogen-bond donors (Lipinski definition) is 2. The van der Waals surface area contributed by atoms with Crippen LogP contribution in [0.2, 0.25) is 0 Å². The van der Waals surface area contributed by atoms with E-state index in [0.29, 0.717) is 6.04 Å². The topological polar surface area (TPSA) is 62.5 Å². The maximum absolute atomic E-state index is 9.45. The first kappa shape index (κ1) is 10.5. The summed E-state index contributed by atoms with van der Waals surface area (Å²) in [5.41, 5.74) is 0.853. The molecular weight excluding hydrogens is 216 g/mol. The van der Waals surface area contributed by atoms with Crippen LogP contribution in [0, 0.1) is 0 Å². The molecule has 2 heterocycles. The van der Waals surface area contributed by atoms with E-state index in [2.05, 4.69) is 15.4 Å². The minimum Gasteiger partial charge on any atom is -0.393 e. The van der Waals surface area contributed by atoms with Crippen molar-refractivity contribution in [2.24, 2.45) is 0 Å². The third-order valence-corrected chi connectivity index (χ3v) is 3.29. The van der Waals surface area contributed by atoms with Crippen molar-refractivity contribution in [3.63, 3.8) is 0 Å². The fourth-order valence-electron chi connectivity index (χ4n) is 2.33. The molecule has 0 amide bonds. The van der Waals surface area contributed by atoms with Crippen LogP contribution < -0.4 is 5.32 Å². The molecule has 1 aliphatic rings. The molecule has 2 aromatic heterocycles. The highest BCUT2D eigenvalue weighted by Gasteiger charge is 2.19. The molecule has 0 saturated heterocycles. The minimum atomic E-state index is -0.115.